The lowest BCUT2D eigenvalue weighted by molar-refractivity contribution is 1.13. The van der Waals surface area contributed by atoms with E-state index < -0.39 is 0 Å². The Morgan fingerprint density at radius 3 is 2.92 bits per heavy atom. The first-order valence-electron chi connectivity index (χ1n) is 3.61. The number of halogens is 1. The second-order valence-electron chi connectivity index (χ2n) is 2.32. The van der Waals surface area contributed by atoms with Crippen molar-refractivity contribution in [3.8, 4) is 0 Å². The van der Waals surface area contributed by atoms with Crippen LogP contribution in [0.4, 0.5) is 5.69 Å². The normalized spacial score (nSPS) is 9.17. The van der Waals surface area contributed by atoms with Crippen LogP contribution < -0.4 is 0 Å². The Kier molecular flexibility index (Phi) is 3.14. The van der Waals surface area contributed by atoms with Crippen molar-refractivity contribution in [1.82, 2.24) is 0 Å². The Hall–Kier alpha value is -0.990. The van der Waals surface area contributed by atoms with Crippen LogP contribution in [0.15, 0.2) is 27.8 Å². The molecule has 0 bridgehead atoms. The highest BCUT2D eigenvalue weighted by atomic mass is 79.9. The number of rotatable bonds is 2. The first kappa shape index (κ1) is 9.10. The third kappa shape index (κ3) is 2.00. The minimum atomic E-state index is 0.703. The molecule has 0 atom stereocenters. The molecule has 0 aromatic heterocycles. The fraction of sp³-hybridized carbons (Fsp3) is 0.250. The quantitative estimate of drug-likeness (QED) is 0.416. The zero-order valence-corrected chi connectivity index (χ0v) is 8.24. The number of azide groups is 1. The van der Waals surface area contributed by atoms with Crippen molar-refractivity contribution >= 4 is 21.6 Å². The smallest absolute Gasteiger partial charge is 0.0418 e. The molecule has 1 rings (SSSR count). The molecule has 4 heteroatoms. The van der Waals surface area contributed by atoms with E-state index in [0.29, 0.717) is 5.69 Å². The average Bonchev–Trinajstić information content (AvgIpc) is 2.05. The number of aryl methyl sites for hydroxylation is 1. The molecule has 1 aromatic carbocycles. The van der Waals surface area contributed by atoms with E-state index in [1.54, 1.807) is 0 Å². The molecule has 0 amide bonds. The molecule has 0 fully saturated rings. The fourth-order valence-electron chi connectivity index (χ4n) is 0.977. The average molecular weight is 226 g/mol. The maximum absolute atomic E-state index is 8.27. The summed E-state index contributed by atoms with van der Waals surface area (Å²) in [6.07, 6.45) is 0.877. The van der Waals surface area contributed by atoms with Gasteiger partial charge in [-0.05, 0) is 29.6 Å². The van der Waals surface area contributed by atoms with Crippen molar-refractivity contribution in [2.75, 3.05) is 0 Å². The van der Waals surface area contributed by atoms with Crippen molar-refractivity contribution in [1.29, 1.82) is 0 Å². The molecule has 62 valence electrons. The Balaban J connectivity index is 3.20. The van der Waals surface area contributed by atoms with Crippen molar-refractivity contribution in [2.45, 2.75) is 13.3 Å². The highest BCUT2D eigenvalue weighted by Crippen LogP contribution is 2.24. The summed E-state index contributed by atoms with van der Waals surface area (Å²) >= 11 is 3.31. The van der Waals surface area contributed by atoms with Gasteiger partial charge in [-0.15, -0.1) is 0 Å². The largest absolute Gasteiger partial charge is 0.0613 e. The van der Waals surface area contributed by atoms with Crippen molar-refractivity contribution in [3.63, 3.8) is 0 Å². The van der Waals surface area contributed by atoms with Crippen molar-refractivity contribution in [2.24, 2.45) is 5.11 Å². The summed E-state index contributed by atoms with van der Waals surface area (Å²) in [5.41, 5.74) is 10.0. The third-order valence-corrected chi connectivity index (χ3v) is 2.07. The SMILES string of the molecule is CCc1ccc(Br)cc1N=[N+]=[N-]. The van der Waals surface area contributed by atoms with Gasteiger partial charge in [-0.2, -0.15) is 0 Å². The lowest BCUT2D eigenvalue weighted by Crippen LogP contribution is -1.79. The van der Waals surface area contributed by atoms with E-state index in [1.165, 1.54) is 0 Å². The highest BCUT2D eigenvalue weighted by molar-refractivity contribution is 9.10. The standard InChI is InChI=1S/C8H8BrN3/c1-2-6-3-4-7(9)5-8(6)11-12-10/h3-5H,2H2,1H3. The van der Waals surface area contributed by atoms with E-state index in [-0.39, 0.29) is 0 Å². The maximum Gasteiger partial charge on any atom is 0.0418 e. The topological polar surface area (TPSA) is 48.8 Å². The van der Waals surface area contributed by atoms with Crippen LogP contribution in [-0.4, -0.2) is 0 Å². The van der Waals surface area contributed by atoms with Crippen LogP contribution >= 0.6 is 15.9 Å². The van der Waals surface area contributed by atoms with Crippen LogP contribution in [0.25, 0.3) is 10.4 Å². The van der Waals surface area contributed by atoms with E-state index in [2.05, 4.69) is 26.0 Å². The molecule has 0 N–H and O–H groups in total. The second-order valence-corrected chi connectivity index (χ2v) is 3.23. The van der Waals surface area contributed by atoms with Gasteiger partial charge in [-0.1, -0.05) is 34.0 Å². The van der Waals surface area contributed by atoms with Gasteiger partial charge >= 0.3 is 0 Å². The first-order valence-corrected chi connectivity index (χ1v) is 4.40. The van der Waals surface area contributed by atoms with E-state index in [4.69, 9.17) is 5.53 Å². The summed E-state index contributed by atoms with van der Waals surface area (Å²) in [5, 5.41) is 3.59. The molecule has 0 unspecified atom stereocenters. The Labute approximate surface area is 79.2 Å². The zero-order chi connectivity index (χ0) is 8.97. The molecule has 3 nitrogen and oxygen atoms in total. The summed E-state index contributed by atoms with van der Waals surface area (Å²) in [6.45, 7) is 2.03. The third-order valence-electron chi connectivity index (χ3n) is 1.58. The predicted molar refractivity (Wildman–Crippen MR) is 52.3 cm³/mol. The number of hydrogen-bond acceptors (Lipinski definition) is 1. The van der Waals surface area contributed by atoms with Gasteiger partial charge in [0.2, 0.25) is 0 Å². The van der Waals surface area contributed by atoms with Crippen LogP contribution in [0.5, 0.6) is 0 Å². The fourth-order valence-corrected chi connectivity index (χ4v) is 1.33. The molecule has 0 radical (unpaired) electrons. The molecule has 0 aliphatic rings. The minimum absolute atomic E-state index is 0.703. The predicted octanol–water partition coefficient (Wildman–Crippen LogP) is 3.95. The first-order chi connectivity index (χ1) is 5.77. The zero-order valence-electron chi connectivity index (χ0n) is 6.66. The molecule has 0 aliphatic heterocycles. The number of benzene rings is 1. The Morgan fingerprint density at radius 2 is 2.33 bits per heavy atom. The van der Waals surface area contributed by atoms with Gasteiger partial charge in [0, 0.05) is 15.1 Å². The highest BCUT2D eigenvalue weighted by Gasteiger charge is 1.97. The Bertz CT molecular complexity index is 329. The monoisotopic (exact) mass is 225 g/mol. The van der Waals surface area contributed by atoms with Crippen molar-refractivity contribution < 1.29 is 0 Å². The van der Waals surface area contributed by atoms with Crippen LogP contribution in [0.1, 0.15) is 12.5 Å². The van der Waals surface area contributed by atoms with Crippen LogP contribution in [0.2, 0.25) is 0 Å². The summed E-state index contributed by atoms with van der Waals surface area (Å²) in [6, 6.07) is 5.71. The van der Waals surface area contributed by atoms with Crippen LogP contribution in [0.3, 0.4) is 0 Å². The molecular weight excluding hydrogens is 218 g/mol. The molecule has 1 aromatic rings. The Morgan fingerprint density at radius 1 is 1.58 bits per heavy atom. The summed E-state index contributed by atoms with van der Waals surface area (Å²) < 4.78 is 0.933. The van der Waals surface area contributed by atoms with E-state index >= 15 is 0 Å². The number of hydrogen-bond donors (Lipinski definition) is 0. The summed E-state index contributed by atoms with van der Waals surface area (Å²) in [5.74, 6) is 0. The van der Waals surface area contributed by atoms with E-state index in [0.717, 1.165) is 16.5 Å². The summed E-state index contributed by atoms with van der Waals surface area (Å²) in [4.78, 5) is 2.76. The van der Waals surface area contributed by atoms with Crippen LogP contribution in [-0.2, 0) is 6.42 Å². The van der Waals surface area contributed by atoms with Gasteiger partial charge in [-0.3, -0.25) is 0 Å². The number of nitrogens with zero attached hydrogens (tertiary/aromatic N) is 3. The van der Waals surface area contributed by atoms with E-state index in [1.807, 2.05) is 25.1 Å². The van der Waals surface area contributed by atoms with Gasteiger partial charge in [-0.25, -0.2) is 0 Å². The van der Waals surface area contributed by atoms with Gasteiger partial charge < -0.3 is 0 Å². The summed E-state index contributed by atoms with van der Waals surface area (Å²) in [7, 11) is 0. The van der Waals surface area contributed by atoms with Crippen LogP contribution in [0, 0.1) is 0 Å². The lowest BCUT2D eigenvalue weighted by Gasteiger charge is -2.01. The lowest BCUT2D eigenvalue weighted by atomic mass is 10.1. The maximum atomic E-state index is 8.27. The minimum Gasteiger partial charge on any atom is -0.0613 e. The van der Waals surface area contributed by atoms with Gasteiger partial charge in [0.1, 0.15) is 0 Å². The van der Waals surface area contributed by atoms with Gasteiger partial charge in [0.15, 0.2) is 0 Å². The molecule has 0 saturated carbocycles. The molecule has 0 saturated heterocycles. The molecule has 12 heavy (non-hydrogen) atoms. The van der Waals surface area contributed by atoms with Gasteiger partial charge in [0.05, 0.1) is 0 Å². The second kappa shape index (κ2) is 4.14. The molecular formula is C8H8BrN3. The van der Waals surface area contributed by atoms with Crippen molar-refractivity contribution in [3.05, 3.63) is 38.7 Å². The van der Waals surface area contributed by atoms with Gasteiger partial charge in [0.25, 0.3) is 0 Å². The molecule has 0 heterocycles. The van der Waals surface area contributed by atoms with E-state index in [9.17, 15) is 0 Å². The molecule has 0 spiro atoms. The molecule has 0 aliphatic carbocycles.